The van der Waals surface area contributed by atoms with Gasteiger partial charge in [0.15, 0.2) is 0 Å². The summed E-state index contributed by atoms with van der Waals surface area (Å²) in [4.78, 5) is 10.4. The fourth-order valence-electron chi connectivity index (χ4n) is 2.00. The monoisotopic (exact) mass is 258 g/mol. The van der Waals surface area contributed by atoms with Crippen molar-refractivity contribution in [2.24, 2.45) is 5.92 Å². The van der Waals surface area contributed by atoms with Gasteiger partial charge in [-0.2, -0.15) is 0 Å². The standard InChI is InChI=1S/C15H30O3/c1-4-12-18-14(10-7-8-13(2)3)9-5-6-11-15(16)17/h13-14H,4-12H2,1-3H3,(H,16,17). The maximum Gasteiger partial charge on any atom is 0.303 e. The van der Waals surface area contributed by atoms with Crippen molar-refractivity contribution in [3.05, 3.63) is 0 Å². The molecule has 18 heavy (non-hydrogen) atoms. The third-order valence-corrected chi connectivity index (χ3v) is 3.03. The molecule has 1 atom stereocenters. The van der Waals surface area contributed by atoms with Crippen molar-refractivity contribution in [2.45, 2.75) is 78.2 Å². The first-order valence-corrected chi connectivity index (χ1v) is 7.39. The number of hydrogen-bond donors (Lipinski definition) is 1. The van der Waals surface area contributed by atoms with Crippen LogP contribution < -0.4 is 0 Å². The first-order valence-electron chi connectivity index (χ1n) is 7.39. The molecule has 0 bridgehead atoms. The second-order valence-corrected chi connectivity index (χ2v) is 5.46. The molecule has 108 valence electrons. The molecule has 0 fully saturated rings. The van der Waals surface area contributed by atoms with Crippen molar-refractivity contribution in [2.75, 3.05) is 6.61 Å². The summed E-state index contributed by atoms with van der Waals surface area (Å²) in [6, 6.07) is 0. The van der Waals surface area contributed by atoms with Crippen LogP contribution in [0.25, 0.3) is 0 Å². The first-order chi connectivity index (χ1) is 8.56. The van der Waals surface area contributed by atoms with Gasteiger partial charge in [0.2, 0.25) is 0 Å². The van der Waals surface area contributed by atoms with Crippen LogP contribution in [0.5, 0.6) is 0 Å². The van der Waals surface area contributed by atoms with Crippen molar-refractivity contribution in [3.63, 3.8) is 0 Å². The van der Waals surface area contributed by atoms with Gasteiger partial charge in [0.25, 0.3) is 0 Å². The molecule has 0 spiro atoms. The minimum absolute atomic E-state index is 0.284. The van der Waals surface area contributed by atoms with Crippen molar-refractivity contribution in [1.29, 1.82) is 0 Å². The highest BCUT2D eigenvalue weighted by Crippen LogP contribution is 2.16. The summed E-state index contributed by atoms with van der Waals surface area (Å²) in [5, 5.41) is 8.59. The Kier molecular flexibility index (Phi) is 11.2. The van der Waals surface area contributed by atoms with E-state index in [0.29, 0.717) is 6.10 Å². The van der Waals surface area contributed by atoms with Crippen molar-refractivity contribution < 1.29 is 14.6 Å². The van der Waals surface area contributed by atoms with Gasteiger partial charge in [0.1, 0.15) is 0 Å². The van der Waals surface area contributed by atoms with Crippen molar-refractivity contribution >= 4 is 5.97 Å². The van der Waals surface area contributed by atoms with Gasteiger partial charge in [-0.1, -0.05) is 40.0 Å². The summed E-state index contributed by atoms with van der Waals surface area (Å²) in [6.07, 6.45) is 7.98. The van der Waals surface area contributed by atoms with E-state index in [1.165, 1.54) is 12.8 Å². The number of rotatable bonds is 12. The lowest BCUT2D eigenvalue weighted by Gasteiger charge is -2.18. The molecular formula is C15H30O3. The van der Waals surface area contributed by atoms with E-state index < -0.39 is 5.97 Å². The SMILES string of the molecule is CCCOC(CCCCC(=O)O)CCCC(C)C. The number of carboxylic acids is 1. The van der Waals surface area contributed by atoms with Gasteiger partial charge in [-0.15, -0.1) is 0 Å². The van der Waals surface area contributed by atoms with Crippen LogP contribution in [0.4, 0.5) is 0 Å². The predicted molar refractivity (Wildman–Crippen MR) is 74.8 cm³/mol. The van der Waals surface area contributed by atoms with Gasteiger partial charge in [0.05, 0.1) is 6.10 Å². The Balaban J connectivity index is 3.72. The molecule has 3 heteroatoms. The third kappa shape index (κ3) is 11.9. The maximum atomic E-state index is 10.4. The van der Waals surface area contributed by atoms with Crippen molar-refractivity contribution in [1.82, 2.24) is 0 Å². The van der Waals surface area contributed by atoms with Gasteiger partial charge in [-0.25, -0.2) is 0 Å². The summed E-state index contributed by atoms with van der Waals surface area (Å²) in [5.74, 6) is 0.0599. The third-order valence-electron chi connectivity index (χ3n) is 3.03. The molecule has 1 unspecified atom stereocenters. The van der Waals surface area contributed by atoms with Crippen LogP contribution >= 0.6 is 0 Å². The maximum absolute atomic E-state index is 10.4. The number of unbranched alkanes of at least 4 members (excludes halogenated alkanes) is 1. The average molecular weight is 258 g/mol. The molecule has 0 aliphatic carbocycles. The summed E-state index contributed by atoms with van der Waals surface area (Å²) >= 11 is 0. The molecule has 0 heterocycles. The Morgan fingerprint density at radius 1 is 1.11 bits per heavy atom. The second kappa shape index (κ2) is 11.5. The molecule has 0 rings (SSSR count). The van der Waals surface area contributed by atoms with Crippen LogP contribution in [0, 0.1) is 5.92 Å². The van der Waals surface area contributed by atoms with E-state index >= 15 is 0 Å². The lowest BCUT2D eigenvalue weighted by molar-refractivity contribution is -0.137. The summed E-state index contributed by atoms with van der Waals surface area (Å²) in [6.45, 7) is 7.43. The number of aliphatic carboxylic acids is 1. The molecule has 0 saturated carbocycles. The Morgan fingerprint density at radius 3 is 2.33 bits per heavy atom. The normalized spacial score (nSPS) is 12.9. The zero-order chi connectivity index (χ0) is 13.8. The Labute approximate surface area is 112 Å². The quantitative estimate of drug-likeness (QED) is 0.532. The van der Waals surface area contributed by atoms with Crippen LogP contribution in [0.2, 0.25) is 0 Å². The van der Waals surface area contributed by atoms with Crippen LogP contribution in [-0.4, -0.2) is 23.8 Å². The largest absolute Gasteiger partial charge is 0.481 e. The number of carboxylic acid groups (broad SMARTS) is 1. The molecule has 0 aromatic heterocycles. The molecule has 0 radical (unpaired) electrons. The lowest BCUT2D eigenvalue weighted by atomic mass is 10.0. The zero-order valence-corrected chi connectivity index (χ0v) is 12.3. The molecule has 3 nitrogen and oxygen atoms in total. The van der Waals surface area contributed by atoms with Crippen LogP contribution in [0.15, 0.2) is 0 Å². The van der Waals surface area contributed by atoms with E-state index in [4.69, 9.17) is 9.84 Å². The Bertz CT molecular complexity index is 202. The van der Waals surface area contributed by atoms with E-state index in [9.17, 15) is 4.79 Å². The van der Waals surface area contributed by atoms with E-state index in [2.05, 4.69) is 20.8 Å². The second-order valence-electron chi connectivity index (χ2n) is 5.46. The highest BCUT2D eigenvalue weighted by molar-refractivity contribution is 5.66. The van der Waals surface area contributed by atoms with Crippen molar-refractivity contribution in [3.8, 4) is 0 Å². The number of ether oxygens (including phenoxy) is 1. The fourth-order valence-corrected chi connectivity index (χ4v) is 2.00. The summed E-state index contributed by atoms with van der Waals surface area (Å²) in [5.41, 5.74) is 0. The van der Waals surface area contributed by atoms with Crippen LogP contribution in [-0.2, 0) is 9.53 Å². The molecule has 0 aliphatic heterocycles. The Morgan fingerprint density at radius 2 is 1.78 bits per heavy atom. The molecule has 0 amide bonds. The number of hydrogen-bond acceptors (Lipinski definition) is 2. The average Bonchev–Trinajstić information content (AvgIpc) is 2.29. The van der Waals surface area contributed by atoms with Gasteiger partial charge < -0.3 is 9.84 Å². The van der Waals surface area contributed by atoms with E-state index in [1.807, 2.05) is 0 Å². The fraction of sp³-hybridized carbons (Fsp3) is 0.933. The molecule has 1 N–H and O–H groups in total. The van der Waals surface area contributed by atoms with Gasteiger partial charge in [-0.05, 0) is 31.6 Å². The van der Waals surface area contributed by atoms with Gasteiger partial charge in [-0.3, -0.25) is 4.79 Å². The molecule has 0 aliphatic rings. The smallest absolute Gasteiger partial charge is 0.303 e. The minimum atomic E-state index is -0.694. The summed E-state index contributed by atoms with van der Waals surface area (Å²) in [7, 11) is 0. The summed E-state index contributed by atoms with van der Waals surface area (Å²) < 4.78 is 5.83. The predicted octanol–water partition coefficient (Wildman–Crippen LogP) is 4.25. The highest BCUT2D eigenvalue weighted by atomic mass is 16.5. The van der Waals surface area contributed by atoms with Crippen LogP contribution in [0.3, 0.4) is 0 Å². The molecular weight excluding hydrogens is 228 g/mol. The molecule has 0 aromatic carbocycles. The van der Waals surface area contributed by atoms with E-state index in [0.717, 1.165) is 44.6 Å². The topological polar surface area (TPSA) is 46.5 Å². The van der Waals surface area contributed by atoms with Gasteiger partial charge in [0, 0.05) is 13.0 Å². The number of carbonyl (C=O) groups is 1. The minimum Gasteiger partial charge on any atom is -0.481 e. The Hall–Kier alpha value is -0.570. The molecule has 0 aromatic rings. The highest BCUT2D eigenvalue weighted by Gasteiger charge is 2.09. The molecule has 0 saturated heterocycles. The van der Waals surface area contributed by atoms with E-state index in [-0.39, 0.29) is 6.42 Å². The van der Waals surface area contributed by atoms with Gasteiger partial charge >= 0.3 is 5.97 Å². The lowest BCUT2D eigenvalue weighted by Crippen LogP contribution is -2.14. The zero-order valence-electron chi connectivity index (χ0n) is 12.3. The van der Waals surface area contributed by atoms with E-state index in [1.54, 1.807) is 0 Å². The van der Waals surface area contributed by atoms with Crippen LogP contribution in [0.1, 0.15) is 72.1 Å². The first kappa shape index (κ1) is 17.4.